The van der Waals surface area contributed by atoms with Crippen LogP contribution in [0.5, 0.6) is 0 Å². The highest BCUT2D eigenvalue weighted by Gasteiger charge is 2.18. The van der Waals surface area contributed by atoms with Crippen LogP contribution in [0.4, 0.5) is 0 Å². The van der Waals surface area contributed by atoms with Crippen LogP contribution < -0.4 is 5.32 Å². The fourth-order valence-electron chi connectivity index (χ4n) is 0.789. The molecule has 0 aromatic carbocycles. The summed E-state index contributed by atoms with van der Waals surface area (Å²) < 4.78 is 0. The Labute approximate surface area is 57.7 Å². The fraction of sp³-hybridized carbons (Fsp3) is 0.167. The van der Waals surface area contributed by atoms with Gasteiger partial charge in [0, 0.05) is 6.20 Å². The van der Waals surface area contributed by atoms with Gasteiger partial charge in [-0.2, -0.15) is 0 Å². The maximum Gasteiger partial charge on any atom is 0.142 e. The molecule has 45 valence electrons. The summed E-state index contributed by atoms with van der Waals surface area (Å²) in [6.45, 7) is 0. The summed E-state index contributed by atoms with van der Waals surface area (Å²) in [6, 6.07) is 0. The molecule has 0 aromatic rings. The topological polar surface area (TPSA) is 26.5 Å². The van der Waals surface area contributed by atoms with Crippen molar-refractivity contribution in [3.8, 4) is 0 Å². The van der Waals surface area contributed by atoms with E-state index in [4.69, 9.17) is 0 Å². The maximum atomic E-state index is 4.18. The first-order valence-corrected chi connectivity index (χ1v) is 3.66. The molecule has 9 heavy (non-hydrogen) atoms. The van der Waals surface area contributed by atoms with E-state index in [0.717, 1.165) is 5.70 Å². The number of allylic oxidation sites excluding steroid dienone is 2. The standard InChI is InChI=1S/C6H5N2S/c1-2-5-6(7-3-1)9-4-8-5/h1-4,6H. The number of thioether (sulfide) groups is 1. The predicted molar refractivity (Wildman–Crippen MR) is 39.2 cm³/mol. The van der Waals surface area contributed by atoms with E-state index in [1.165, 1.54) is 0 Å². The lowest BCUT2D eigenvalue weighted by Gasteiger charge is -2.08. The normalized spacial score (nSPS) is 29.3. The number of aliphatic imine (C=N–C) groups is 1. The summed E-state index contributed by atoms with van der Waals surface area (Å²) in [7, 11) is 0. The van der Waals surface area contributed by atoms with Gasteiger partial charge in [0.1, 0.15) is 5.37 Å². The van der Waals surface area contributed by atoms with Crippen molar-refractivity contribution in [1.82, 2.24) is 5.32 Å². The lowest BCUT2D eigenvalue weighted by Crippen LogP contribution is -2.14. The zero-order valence-corrected chi connectivity index (χ0v) is 5.51. The summed E-state index contributed by atoms with van der Waals surface area (Å²) in [5.41, 5.74) is 2.91. The molecule has 0 aromatic heterocycles. The highest BCUT2D eigenvalue weighted by molar-refractivity contribution is 8.13. The van der Waals surface area contributed by atoms with Crippen molar-refractivity contribution in [3.63, 3.8) is 0 Å². The van der Waals surface area contributed by atoms with E-state index in [9.17, 15) is 0 Å². The van der Waals surface area contributed by atoms with Crippen molar-refractivity contribution in [2.24, 2.45) is 4.99 Å². The van der Waals surface area contributed by atoms with Crippen LogP contribution in [0.25, 0.3) is 0 Å². The molecule has 2 rings (SSSR count). The average molecular weight is 137 g/mol. The molecule has 2 aliphatic heterocycles. The van der Waals surface area contributed by atoms with Gasteiger partial charge < -0.3 is 0 Å². The zero-order chi connectivity index (χ0) is 6.10. The lowest BCUT2D eigenvalue weighted by molar-refractivity contribution is 0.848. The number of hydrogen-bond acceptors (Lipinski definition) is 2. The Morgan fingerprint density at radius 3 is 3.44 bits per heavy atom. The van der Waals surface area contributed by atoms with E-state index < -0.39 is 0 Å². The lowest BCUT2D eigenvalue weighted by atomic mass is 10.3. The molecular formula is C6H5N2S. The Morgan fingerprint density at radius 1 is 1.56 bits per heavy atom. The van der Waals surface area contributed by atoms with Crippen LogP contribution in [0.1, 0.15) is 0 Å². The summed E-state index contributed by atoms with van der Waals surface area (Å²) in [6.07, 6.45) is 5.72. The van der Waals surface area contributed by atoms with Crippen LogP contribution >= 0.6 is 11.8 Å². The highest BCUT2D eigenvalue weighted by atomic mass is 32.2. The molecule has 0 spiro atoms. The zero-order valence-electron chi connectivity index (χ0n) is 4.69. The van der Waals surface area contributed by atoms with E-state index in [1.807, 2.05) is 23.9 Å². The molecule has 2 nitrogen and oxygen atoms in total. The van der Waals surface area contributed by atoms with Gasteiger partial charge in [-0.3, -0.25) is 10.3 Å². The second kappa shape index (κ2) is 1.92. The molecule has 3 heteroatoms. The monoisotopic (exact) mass is 137 g/mol. The second-order valence-corrected chi connectivity index (χ2v) is 2.73. The van der Waals surface area contributed by atoms with E-state index in [2.05, 4.69) is 10.3 Å². The smallest absolute Gasteiger partial charge is 0.142 e. The maximum absolute atomic E-state index is 4.18. The summed E-state index contributed by atoms with van der Waals surface area (Å²) >= 11 is 1.65. The van der Waals surface area contributed by atoms with Crippen molar-refractivity contribution in [1.29, 1.82) is 0 Å². The molecule has 0 amide bonds. The molecule has 0 aliphatic carbocycles. The Hall–Kier alpha value is -0.700. The molecule has 0 saturated carbocycles. The Kier molecular flexibility index (Phi) is 1.09. The van der Waals surface area contributed by atoms with Crippen molar-refractivity contribution < 1.29 is 0 Å². The fourth-order valence-corrected chi connectivity index (χ4v) is 1.51. The van der Waals surface area contributed by atoms with Crippen LogP contribution in [-0.2, 0) is 0 Å². The van der Waals surface area contributed by atoms with Gasteiger partial charge in [-0.1, -0.05) is 11.8 Å². The number of nitrogens with zero attached hydrogens (tertiary/aromatic N) is 2. The van der Waals surface area contributed by atoms with E-state index in [-0.39, 0.29) is 5.37 Å². The molecule has 0 N–H and O–H groups in total. The van der Waals surface area contributed by atoms with Crippen molar-refractivity contribution in [3.05, 3.63) is 24.0 Å². The van der Waals surface area contributed by atoms with E-state index in [1.54, 1.807) is 11.8 Å². The molecule has 0 bridgehead atoms. The molecule has 0 fully saturated rings. The predicted octanol–water partition coefficient (Wildman–Crippen LogP) is 1.10. The number of rotatable bonds is 0. The molecular weight excluding hydrogens is 132 g/mol. The van der Waals surface area contributed by atoms with Crippen LogP contribution in [0, 0.1) is 0 Å². The first kappa shape index (κ1) is 5.11. The first-order chi connectivity index (χ1) is 4.47. The van der Waals surface area contributed by atoms with Crippen molar-refractivity contribution in [2.75, 3.05) is 0 Å². The van der Waals surface area contributed by atoms with E-state index in [0.29, 0.717) is 0 Å². The van der Waals surface area contributed by atoms with Gasteiger partial charge in [0.15, 0.2) is 0 Å². The SMILES string of the molecule is C1=C[N]C2SC=NC2=C1. The summed E-state index contributed by atoms with van der Waals surface area (Å²) in [5.74, 6) is 0. The molecule has 2 aliphatic rings. The second-order valence-electron chi connectivity index (χ2n) is 1.81. The Balaban J connectivity index is 2.31. The molecule has 1 unspecified atom stereocenters. The minimum absolute atomic E-state index is 0.259. The van der Waals surface area contributed by atoms with Crippen LogP contribution in [0.3, 0.4) is 0 Å². The summed E-state index contributed by atoms with van der Waals surface area (Å²) in [5, 5.41) is 4.44. The average Bonchev–Trinajstić information content (AvgIpc) is 2.33. The largest absolute Gasteiger partial charge is 0.272 e. The van der Waals surface area contributed by atoms with Gasteiger partial charge in [-0.15, -0.1) is 0 Å². The van der Waals surface area contributed by atoms with Gasteiger partial charge in [0.2, 0.25) is 0 Å². The molecule has 2 heterocycles. The third kappa shape index (κ3) is 0.772. The van der Waals surface area contributed by atoms with Gasteiger partial charge in [0.25, 0.3) is 0 Å². The van der Waals surface area contributed by atoms with Gasteiger partial charge in [-0.05, 0) is 12.2 Å². The van der Waals surface area contributed by atoms with Crippen molar-refractivity contribution >= 4 is 17.3 Å². The summed E-state index contributed by atoms with van der Waals surface area (Å²) in [4.78, 5) is 4.11. The van der Waals surface area contributed by atoms with Gasteiger partial charge in [0.05, 0.1) is 11.2 Å². The molecule has 1 radical (unpaired) electrons. The van der Waals surface area contributed by atoms with Crippen LogP contribution in [-0.4, -0.2) is 10.9 Å². The minimum Gasteiger partial charge on any atom is -0.272 e. The minimum atomic E-state index is 0.259. The van der Waals surface area contributed by atoms with Gasteiger partial charge in [-0.25, -0.2) is 0 Å². The molecule has 0 saturated heterocycles. The quantitative estimate of drug-likeness (QED) is 0.491. The Morgan fingerprint density at radius 2 is 2.56 bits per heavy atom. The van der Waals surface area contributed by atoms with E-state index >= 15 is 0 Å². The highest BCUT2D eigenvalue weighted by Crippen LogP contribution is 2.25. The van der Waals surface area contributed by atoms with Crippen LogP contribution in [0.15, 0.2) is 29.0 Å². The van der Waals surface area contributed by atoms with Gasteiger partial charge >= 0.3 is 0 Å². The number of hydrogen-bond donors (Lipinski definition) is 0. The third-order valence-electron chi connectivity index (χ3n) is 1.22. The van der Waals surface area contributed by atoms with Crippen LogP contribution in [0.2, 0.25) is 0 Å². The number of fused-ring (bicyclic) bond motifs is 1. The first-order valence-electron chi connectivity index (χ1n) is 2.71. The molecule has 1 atom stereocenters. The third-order valence-corrected chi connectivity index (χ3v) is 2.07. The Bertz CT molecular complexity index is 205. The van der Waals surface area contributed by atoms with Crippen molar-refractivity contribution in [2.45, 2.75) is 5.37 Å².